The molecule has 0 spiro atoms. The Morgan fingerprint density at radius 1 is 1.09 bits per heavy atom. The number of carbonyl (C=O) groups excluding carboxylic acids is 1. The van der Waals surface area contributed by atoms with E-state index in [-0.39, 0.29) is 12.6 Å². The van der Waals surface area contributed by atoms with Gasteiger partial charge in [0.1, 0.15) is 18.1 Å². The Morgan fingerprint density at radius 3 is 2.50 bits per heavy atom. The predicted molar refractivity (Wildman–Crippen MR) is 87.6 cm³/mol. The second-order valence-electron chi connectivity index (χ2n) is 5.09. The largest absolute Gasteiger partial charge is 0.487 e. The van der Waals surface area contributed by atoms with E-state index in [0.717, 1.165) is 16.7 Å². The summed E-state index contributed by atoms with van der Waals surface area (Å²) in [6.07, 6.45) is 0.332. The van der Waals surface area contributed by atoms with Crippen molar-refractivity contribution in [3.63, 3.8) is 0 Å². The van der Waals surface area contributed by atoms with E-state index < -0.39 is 0 Å². The Kier molecular flexibility index (Phi) is 5.45. The van der Waals surface area contributed by atoms with Crippen molar-refractivity contribution in [2.24, 2.45) is 0 Å². The van der Waals surface area contributed by atoms with E-state index in [4.69, 9.17) is 21.1 Å². The Labute approximate surface area is 135 Å². The molecule has 0 unspecified atom stereocenters. The molecule has 0 aliphatic heterocycles. The van der Waals surface area contributed by atoms with Crippen molar-refractivity contribution in [2.45, 2.75) is 33.8 Å². The van der Waals surface area contributed by atoms with Crippen LogP contribution in [0.4, 0.5) is 0 Å². The smallest absolute Gasteiger partial charge is 0.310 e. The van der Waals surface area contributed by atoms with Gasteiger partial charge >= 0.3 is 5.97 Å². The number of hydrogen-bond donors (Lipinski definition) is 0. The number of halogens is 1. The topological polar surface area (TPSA) is 35.5 Å². The number of hydrogen-bond acceptors (Lipinski definition) is 3. The third-order valence-corrected chi connectivity index (χ3v) is 3.71. The summed E-state index contributed by atoms with van der Waals surface area (Å²) in [4.78, 5) is 11.5. The molecule has 0 aliphatic carbocycles. The first-order valence-electron chi connectivity index (χ1n) is 7.19. The summed E-state index contributed by atoms with van der Waals surface area (Å²) in [6, 6.07) is 11.1. The van der Waals surface area contributed by atoms with Crippen LogP contribution < -0.4 is 9.47 Å². The molecule has 0 saturated carbocycles. The Balaban J connectivity index is 2.15. The summed E-state index contributed by atoms with van der Waals surface area (Å²) in [7, 11) is 0. The molecular formula is C18H19ClO3. The van der Waals surface area contributed by atoms with Crippen molar-refractivity contribution >= 4 is 17.6 Å². The third kappa shape index (κ3) is 4.01. The number of rotatable bonds is 5. The van der Waals surface area contributed by atoms with Gasteiger partial charge in [-0.3, -0.25) is 4.79 Å². The van der Waals surface area contributed by atoms with Crippen LogP contribution in [0.15, 0.2) is 36.4 Å². The van der Waals surface area contributed by atoms with Crippen LogP contribution in [0.1, 0.15) is 30.0 Å². The maximum Gasteiger partial charge on any atom is 0.310 e. The zero-order valence-electron chi connectivity index (χ0n) is 13.0. The average molecular weight is 319 g/mol. The predicted octanol–water partition coefficient (Wildman–Crippen LogP) is 4.85. The molecule has 0 aliphatic rings. The van der Waals surface area contributed by atoms with Gasteiger partial charge < -0.3 is 9.47 Å². The minimum Gasteiger partial charge on any atom is -0.487 e. The summed E-state index contributed by atoms with van der Waals surface area (Å²) in [6.45, 7) is 6.06. The molecule has 2 aromatic rings. The highest BCUT2D eigenvalue weighted by molar-refractivity contribution is 6.32. The minimum absolute atomic E-state index is 0.267. The fourth-order valence-electron chi connectivity index (χ4n) is 1.94. The Hall–Kier alpha value is -2.00. The van der Waals surface area contributed by atoms with E-state index in [1.165, 1.54) is 0 Å². The standard InChI is InChI=1S/C18H19ClO3/c1-4-18(20)22-16-8-6-5-7-14(16)11-21-17-10-13(3)12(2)9-15(17)19/h5-10H,4,11H2,1-3H3. The van der Waals surface area contributed by atoms with Gasteiger partial charge in [0.2, 0.25) is 0 Å². The fourth-order valence-corrected chi connectivity index (χ4v) is 2.21. The van der Waals surface area contributed by atoms with Crippen molar-refractivity contribution in [3.05, 3.63) is 58.1 Å². The summed E-state index contributed by atoms with van der Waals surface area (Å²) in [5, 5.41) is 0.575. The highest BCUT2D eigenvalue weighted by atomic mass is 35.5. The molecule has 0 amide bonds. The maximum absolute atomic E-state index is 11.5. The van der Waals surface area contributed by atoms with Crippen LogP contribution in [0, 0.1) is 13.8 Å². The quantitative estimate of drug-likeness (QED) is 0.584. The number of carbonyl (C=O) groups is 1. The number of para-hydroxylation sites is 1. The second-order valence-corrected chi connectivity index (χ2v) is 5.50. The van der Waals surface area contributed by atoms with Crippen molar-refractivity contribution in [1.82, 2.24) is 0 Å². The van der Waals surface area contributed by atoms with Gasteiger partial charge in [-0.15, -0.1) is 0 Å². The van der Waals surface area contributed by atoms with Gasteiger partial charge in [-0.2, -0.15) is 0 Å². The van der Waals surface area contributed by atoms with Crippen LogP contribution in [0.2, 0.25) is 5.02 Å². The SMILES string of the molecule is CCC(=O)Oc1ccccc1COc1cc(C)c(C)cc1Cl. The first-order chi connectivity index (χ1) is 10.5. The van der Waals surface area contributed by atoms with E-state index >= 15 is 0 Å². The van der Waals surface area contributed by atoms with Crippen molar-refractivity contribution in [1.29, 1.82) is 0 Å². The molecule has 0 saturated heterocycles. The number of esters is 1. The maximum atomic E-state index is 11.5. The van der Waals surface area contributed by atoms with E-state index in [1.807, 2.05) is 44.2 Å². The van der Waals surface area contributed by atoms with Gasteiger partial charge in [-0.05, 0) is 43.2 Å². The molecule has 4 heteroatoms. The molecule has 2 aromatic carbocycles. The zero-order chi connectivity index (χ0) is 16.1. The molecule has 0 N–H and O–H groups in total. The fraction of sp³-hybridized carbons (Fsp3) is 0.278. The van der Waals surface area contributed by atoms with E-state index in [2.05, 4.69) is 0 Å². The van der Waals surface area contributed by atoms with Crippen LogP contribution in [0.25, 0.3) is 0 Å². The lowest BCUT2D eigenvalue weighted by Gasteiger charge is -2.13. The van der Waals surface area contributed by atoms with Gasteiger partial charge in [0.05, 0.1) is 5.02 Å². The van der Waals surface area contributed by atoms with Crippen LogP contribution in [-0.4, -0.2) is 5.97 Å². The van der Waals surface area contributed by atoms with Crippen molar-refractivity contribution in [3.8, 4) is 11.5 Å². The highest BCUT2D eigenvalue weighted by Gasteiger charge is 2.10. The molecule has 0 bridgehead atoms. The lowest BCUT2D eigenvalue weighted by Crippen LogP contribution is -2.08. The molecule has 0 fully saturated rings. The molecular weight excluding hydrogens is 300 g/mol. The minimum atomic E-state index is -0.267. The first kappa shape index (κ1) is 16.4. The average Bonchev–Trinajstić information content (AvgIpc) is 2.50. The van der Waals surface area contributed by atoms with Crippen LogP contribution in [-0.2, 0) is 11.4 Å². The summed E-state index contributed by atoms with van der Waals surface area (Å²) in [5.74, 6) is 0.882. The number of ether oxygens (including phenoxy) is 2. The molecule has 2 rings (SSSR count). The van der Waals surface area contributed by atoms with Crippen LogP contribution in [0.3, 0.4) is 0 Å². The molecule has 3 nitrogen and oxygen atoms in total. The van der Waals surface area contributed by atoms with Crippen molar-refractivity contribution in [2.75, 3.05) is 0 Å². The Morgan fingerprint density at radius 2 is 1.77 bits per heavy atom. The molecule has 22 heavy (non-hydrogen) atoms. The van der Waals surface area contributed by atoms with E-state index in [9.17, 15) is 4.79 Å². The lowest BCUT2D eigenvalue weighted by molar-refractivity contribution is -0.134. The number of aryl methyl sites for hydroxylation is 2. The van der Waals surface area contributed by atoms with Gasteiger partial charge in [0.15, 0.2) is 0 Å². The normalized spacial score (nSPS) is 10.4. The second kappa shape index (κ2) is 7.32. The van der Waals surface area contributed by atoms with Crippen molar-refractivity contribution < 1.29 is 14.3 Å². The highest BCUT2D eigenvalue weighted by Crippen LogP contribution is 2.29. The summed E-state index contributed by atoms with van der Waals surface area (Å²) in [5.41, 5.74) is 3.04. The van der Waals surface area contributed by atoms with Crippen LogP contribution in [0.5, 0.6) is 11.5 Å². The molecule has 0 heterocycles. The third-order valence-electron chi connectivity index (χ3n) is 3.42. The lowest BCUT2D eigenvalue weighted by atomic mass is 10.1. The monoisotopic (exact) mass is 318 g/mol. The van der Waals surface area contributed by atoms with E-state index in [0.29, 0.717) is 22.9 Å². The van der Waals surface area contributed by atoms with Crippen LogP contribution >= 0.6 is 11.6 Å². The van der Waals surface area contributed by atoms with Gasteiger partial charge in [0, 0.05) is 12.0 Å². The van der Waals surface area contributed by atoms with Gasteiger partial charge in [-0.1, -0.05) is 36.7 Å². The summed E-state index contributed by atoms with van der Waals surface area (Å²) >= 11 is 6.20. The number of benzene rings is 2. The van der Waals surface area contributed by atoms with Gasteiger partial charge in [-0.25, -0.2) is 0 Å². The first-order valence-corrected chi connectivity index (χ1v) is 7.57. The van der Waals surface area contributed by atoms with E-state index in [1.54, 1.807) is 13.0 Å². The van der Waals surface area contributed by atoms with Gasteiger partial charge in [0.25, 0.3) is 0 Å². The molecule has 0 aromatic heterocycles. The summed E-state index contributed by atoms with van der Waals surface area (Å²) < 4.78 is 11.1. The molecule has 0 atom stereocenters. The Bertz CT molecular complexity index is 680. The zero-order valence-corrected chi connectivity index (χ0v) is 13.7. The molecule has 116 valence electrons. The molecule has 0 radical (unpaired) electrons.